The fourth-order valence-electron chi connectivity index (χ4n) is 6.55. The molecule has 9 aromatic rings. The molecule has 0 amide bonds. The van der Waals surface area contributed by atoms with Gasteiger partial charge in [-0.05, 0) is 46.8 Å². The first-order valence-electron chi connectivity index (χ1n) is 14.5. The fraction of sp³-hybridized carbons (Fsp3) is 0. The number of fused-ring (bicyclic) bond motifs is 7. The summed E-state index contributed by atoms with van der Waals surface area (Å²) in [5.41, 5.74) is 6.12. The van der Waals surface area contributed by atoms with E-state index in [0.29, 0.717) is 0 Å². The van der Waals surface area contributed by atoms with Gasteiger partial charge in [0.15, 0.2) is 0 Å². The molecule has 0 radical (unpaired) electrons. The predicted molar refractivity (Wildman–Crippen MR) is 190 cm³/mol. The maximum atomic E-state index is 2.52. The van der Waals surface area contributed by atoms with Gasteiger partial charge in [0.25, 0.3) is 0 Å². The number of hydrogen-bond acceptors (Lipinski definition) is 3. The summed E-state index contributed by atoms with van der Waals surface area (Å²) >= 11 is 3.78. The van der Waals surface area contributed by atoms with E-state index in [-0.39, 0.29) is 0 Å². The third-order valence-corrected chi connectivity index (χ3v) is 10.9. The molecule has 7 aromatic carbocycles. The van der Waals surface area contributed by atoms with E-state index >= 15 is 0 Å². The van der Waals surface area contributed by atoms with Crippen molar-refractivity contribution in [1.82, 2.24) is 0 Å². The molecule has 2 aromatic heterocycles. The third-order valence-electron chi connectivity index (χ3n) is 8.46. The Bertz CT molecular complexity index is 2460. The van der Waals surface area contributed by atoms with E-state index in [4.69, 9.17) is 0 Å². The summed E-state index contributed by atoms with van der Waals surface area (Å²) in [6, 6.07) is 55.3. The molecule has 0 aliphatic carbocycles. The first-order valence-corrected chi connectivity index (χ1v) is 16.2. The second kappa shape index (κ2) is 9.81. The SMILES string of the molecule is c1ccc(-c2ccc(N(c3cccc4ccccc34)c3cccc4c3sc3ccccc34)c3sc4ccccc4c23)cc1. The highest BCUT2D eigenvalue weighted by Crippen LogP contribution is 2.51. The van der Waals surface area contributed by atoms with Crippen LogP contribution < -0.4 is 4.90 Å². The maximum absolute atomic E-state index is 2.52. The van der Waals surface area contributed by atoms with Crippen molar-refractivity contribution >= 4 is 90.9 Å². The first-order chi connectivity index (χ1) is 21.3. The summed E-state index contributed by atoms with van der Waals surface area (Å²) in [6.07, 6.45) is 0. The number of thiophene rings is 2. The topological polar surface area (TPSA) is 3.24 Å². The molecular formula is C40H25NS2. The van der Waals surface area contributed by atoms with Gasteiger partial charge in [-0.3, -0.25) is 0 Å². The van der Waals surface area contributed by atoms with Crippen LogP contribution in [0.3, 0.4) is 0 Å². The lowest BCUT2D eigenvalue weighted by Crippen LogP contribution is -2.11. The van der Waals surface area contributed by atoms with Crippen LogP contribution in [0.5, 0.6) is 0 Å². The molecule has 0 aliphatic rings. The van der Waals surface area contributed by atoms with Gasteiger partial charge in [0.05, 0.1) is 26.5 Å². The van der Waals surface area contributed by atoms with Crippen molar-refractivity contribution in [1.29, 1.82) is 0 Å². The molecule has 0 spiro atoms. The van der Waals surface area contributed by atoms with Gasteiger partial charge in [-0.25, -0.2) is 0 Å². The summed E-state index contributed by atoms with van der Waals surface area (Å²) in [6.45, 7) is 0. The normalized spacial score (nSPS) is 11.7. The average molecular weight is 584 g/mol. The molecule has 0 fully saturated rings. The van der Waals surface area contributed by atoms with Crippen LogP contribution in [0.25, 0.3) is 62.2 Å². The van der Waals surface area contributed by atoms with Crippen LogP contribution in [-0.4, -0.2) is 0 Å². The predicted octanol–water partition coefficient (Wildman–Crippen LogP) is 12.7. The Morgan fingerprint density at radius 1 is 0.372 bits per heavy atom. The molecule has 0 unspecified atom stereocenters. The highest BCUT2D eigenvalue weighted by molar-refractivity contribution is 7.27. The number of nitrogens with zero attached hydrogens (tertiary/aromatic N) is 1. The quantitative estimate of drug-likeness (QED) is 0.199. The van der Waals surface area contributed by atoms with E-state index in [0.717, 1.165) is 0 Å². The minimum atomic E-state index is 1.19. The molecule has 2 heterocycles. The molecule has 43 heavy (non-hydrogen) atoms. The van der Waals surface area contributed by atoms with Gasteiger partial charge in [0, 0.05) is 36.3 Å². The Morgan fingerprint density at radius 3 is 1.81 bits per heavy atom. The van der Waals surface area contributed by atoms with E-state index < -0.39 is 0 Å². The molecule has 1 nitrogen and oxygen atoms in total. The van der Waals surface area contributed by atoms with Gasteiger partial charge < -0.3 is 4.90 Å². The lowest BCUT2D eigenvalue weighted by Gasteiger charge is -2.28. The van der Waals surface area contributed by atoms with Crippen molar-refractivity contribution in [3.8, 4) is 11.1 Å². The van der Waals surface area contributed by atoms with Crippen LogP contribution >= 0.6 is 22.7 Å². The van der Waals surface area contributed by atoms with Gasteiger partial charge in [-0.15, -0.1) is 22.7 Å². The number of anilines is 3. The van der Waals surface area contributed by atoms with Crippen LogP contribution in [0.1, 0.15) is 0 Å². The summed E-state index contributed by atoms with van der Waals surface area (Å²) in [4.78, 5) is 2.52. The summed E-state index contributed by atoms with van der Waals surface area (Å²) in [5.74, 6) is 0. The standard InChI is InChI=1S/C40H25NS2/c1-2-12-27(13-3-1)29-24-25-35(40-38(29)32-18-7-9-23-37(32)43-40)41(33-20-10-15-26-14-4-5-16-28(26)33)34-21-11-19-31-30-17-6-8-22-36(30)42-39(31)34/h1-25H. The minimum Gasteiger partial charge on any atom is -0.307 e. The van der Waals surface area contributed by atoms with Gasteiger partial charge in [-0.1, -0.05) is 121 Å². The maximum Gasteiger partial charge on any atom is 0.0641 e. The van der Waals surface area contributed by atoms with E-state index in [1.165, 1.54) is 79.3 Å². The lowest BCUT2D eigenvalue weighted by atomic mass is 9.98. The van der Waals surface area contributed by atoms with Gasteiger partial charge in [0.2, 0.25) is 0 Å². The molecule has 0 saturated carbocycles. The molecule has 0 bridgehead atoms. The van der Waals surface area contributed by atoms with Crippen LogP contribution in [0.15, 0.2) is 152 Å². The van der Waals surface area contributed by atoms with Crippen LogP contribution in [-0.2, 0) is 0 Å². The van der Waals surface area contributed by atoms with Crippen LogP contribution in [0, 0.1) is 0 Å². The second-order valence-electron chi connectivity index (χ2n) is 10.9. The Balaban J connectivity index is 1.43. The lowest BCUT2D eigenvalue weighted by molar-refractivity contribution is 1.34. The zero-order valence-electron chi connectivity index (χ0n) is 23.2. The minimum absolute atomic E-state index is 1.19. The zero-order valence-corrected chi connectivity index (χ0v) is 24.8. The Hall–Kier alpha value is -4.96. The number of benzene rings is 7. The molecule has 0 aliphatic heterocycles. The van der Waals surface area contributed by atoms with E-state index in [1.807, 2.05) is 22.7 Å². The zero-order chi connectivity index (χ0) is 28.3. The Morgan fingerprint density at radius 2 is 0.953 bits per heavy atom. The van der Waals surface area contributed by atoms with Crippen molar-refractivity contribution in [2.75, 3.05) is 4.90 Å². The van der Waals surface area contributed by atoms with Crippen molar-refractivity contribution in [3.63, 3.8) is 0 Å². The Kier molecular flexibility index (Phi) is 5.62. The van der Waals surface area contributed by atoms with E-state index in [1.54, 1.807) is 0 Å². The van der Waals surface area contributed by atoms with Crippen LogP contribution in [0.2, 0.25) is 0 Å². The van der Waals surface area contributed by atoms with Gasteiger partial charge in [0.1, 0.15) is 0 Å². The molecule has 0 N–H and O–H groups in total. The largest absolute Gasteiger partial charge is 0.307 e. The molecule has 202 valence electrons. The second-order valence-corrected chi connectivity index (χ2v) is 13.0. The van der Waals surface area contributed by atoms with Crippen molar-refractivity contribution in [3.05, 3.63) is 152 Å². The molecule has 3 heteroatoms. The van der Waals surface area contributed by atoms with Gasteiger partial charge >= 0.3 is 0 Å². The average Bonchev–Trinajstić information content (AvgIpc) is 3.65. The van der Waals surface area contributed by atoms with Gasteiger partial charge in [-0.2, -0.15) is 0 Å². The highest BCUT2D eigenvalue weighted by Gasteiger charge is 2.24. The number of hydrogen-bond donors (Lipinski definition) is 0. The van der Waals surface area contributed by atoms with E-state index in [9.17, 15) is 0 Å². The monoisotopic (exact) mass is 583 g/mol. The van der Waals surface area contributed by atoms with Crippen molar-refractivity contribution < 1.29 is 0 Å². The fourth-order valence-corrected chi connectivity index (χ4v) is 8.99. The smallest absolute Gasteiger partial charge is 0.0641 e. The summed E-state index contributed by atoms with van der Waals surface area (Å²) < 4.78 is 5.22. The van der Waals surface area contributed by atoms with E-state index in [2.05, 4.69) is 157 Å². The molecule has 0 saturated heterocycles. The van der Waals surface area contributed by atoms with Crippen molar-refractivity contribution in [2.24, 2.45) is 0 Å². The Labute approximate surface area is 257 Å². The molecular weight excluding hydrogens is 559 g/mol. The summed E-state index contributed by atoms with van der Waals surface area (Å²) in [5, 5.41) is 7.72. The summed E-state index contributed by atoms with van der Waals surface area (Å²) in [7, 11) is 0. The first kappa shape index (κ1) is 24.6. The van der Waals surface area contributed by atoms with Crippen LogP contribution in [0.4, 0.5) is 17.1 Å². The number of rotatable bonds is 4. The third kappa shape index (κ3) is 3.82. The van der Waals surface area contributed by atoms with Crippen molar-refractivity contribution in [2.45, 2.75) is 0 Å². The highest BCUT2D eigenvalue weighted by atomic mass is 32.1. The molecule has 0 atom stereocenters. The molecule has 9 rings (SSSR count).